The van der Waals surface area contributed by atoms with Crippen LogP contribution < -0.4 is 11.1 Å². The van der Waals surface area contributed by atoms with Crippen molar-refractivity contribution in [3.05, 3.63) is 29.8 Å². The largest absolute Gasteiger partial charge is 0.326 e. The molecule has 1 heterocycles. The van der Waals surface area contributed by atoms with E-state index in [1.165, 1.54) is 12.8 Å². The summed E-state index contributed by atoms with van der Waals surface area (Å²) in [6, 6.07) is 7.65. The summed E-state index contributed by atoms with van der Waals surface area (Å²) in [6.45, 7) is 6.75. The zero-order valence-corrected chi connectivity index (χ0v) is 12.4. The second-order valence-corrected chi connectivity index (χ2v) is 5.63. The Bertz CT molecular complexity index is 461. The van der Waals surface area contributed by atoms with E-state index < -0.39 is 0 Å². The van der Waals surface area contributed by atoms with Crippen LogP contribution in [0.25, 0.3) is 0 Å². The van der Waals surface area contributed by atoms with E-state index in [9.17, 15) is 4.79 Å². The van der Waals surface area contributed by atoms with Crippen molar-refractivity contribution in [1.29, 1.82) is 0 Å². The van der Waals surface area contributed by atoms with Gasteiger partial charge in [0, 0.05) is 18.8 Å². The molecule has 0 bridgehead atoms. The lowest BCUT2D eigenvalue weighted by molar-refractivity contribution is -0.120. The Balaban J connectivity index is 1.94. The van der Waals surface area contributed by atoms with Crippen LogP contribution in [0.3, 0.4) is 0 Å². The second kappa shape index (κ2) is 6.86. The van der Waals surface area contributed by atoms with Gasteiger partial charge in [-0.1, -0.05) is 25.5 Å². The van der Waals surface area contributed by atoms with Gasteiger partial charge in [-0.25, -0.2) is 0 Å². The van der Waals surface area contributed by atoms with Gasteiger partial charge in [0.05, 0.1) is 6.04 Å². The normalized spacial score (nSPS) is 20.9. The standard InChI is InChI=1S/C16H25N3O/c1-3-13-7-8-19(11-13)12(2)16(20)18-15-6-4-5-14(9-15)10-17/h4-6,9,12-13H,3,7-8,10-11,17H2,1-2H3,(H,18,20). The number of carbonyl (C=O) groups excluding carboxylic acids is 1. The summed E-state index contributed by atoms with van der Waals surface area (Å²) in [6.07, 6.45) is 2.40. The summed E-state index contributed by atoms with van der Waals surface area (Å²) in [5.74, 6) is 0.807. The zero-order valence-electron chi connectivity index (χ0n) is 12.4. The van der Waals surface area contributed by atoms with E-state index in [-0.39, 0.29) is 11.9 Å². The summed E-state index contributed by atoms with van der Waals surface area (Å²) in [7, 11) is 0. The summed E-state index contributed by atoms with van der Waals surface area (Å²) < 4.78 is 0. The summed E-state index contributed by atoms with van der Waals surface area (Å²) in [5, 5.41) is 2.99. The quantitative estimate of drug-likeness (QED) is 0.866. The van der Waals surface area contributed by atoms with Crippen LogP contribution in [0.2, 0.25) is 0 Å². The third-order valence-electron chi connectivity index (χ3n) is 4.25. The molecule has 0 radical (unpaired) electrons. The first kappa shape index (κ1) is 15.0. The maximum absolute atomic E-state index is 12.3. The molecule has 1 aromatic rings. The third kappa shape index (κ3) is 3.58. The lowest BCUT2D eigenvalue weighted by atomic mass is 10.1. The molecule has 4 heteroatoms. The van der Waals surface area contributed by atoms with E-state index in [2.05, 4.69) is 17.1 Å². The minimum Gasteiger partial charge on any atom is -0.326 e. The van der Waals surface area contributed by atoms with E-state index in [4.69, 9.17) is 5.73 Å². The molecule has 0 saturated carbocycles. The first-order chi connectivity index (χ1) is 9.63. The van der Waals surface area contributed by atoms with Gasteiger partial charge in [0.25, 0.3) is 0 Å². The highest BCUT2D eigenvalue weighted by atomic mass is 16.2. The molecule has 0 spiro atoms. The highest BCUT2D eigenvalue weighted by Gasteiger charge is 2.28. The molecule has 1 fully saturated rings. The van der Waals surface area contributed by atoms with Crippen molar-refractivity contribution in [3.8, 4) is 0 Å². The van der Waals surface area contributed by atoms with Crippen LogP contribution in [0.15, 0.2) is 24.3 Å². The molecule has 4 nitrogen and oxygen atoms in total. The van der Waals surface area contributed by atoms with Gasteiger partial charge in [0.2, 0.25) is 5.91 Å². The van der Waals surface area contributed by atoms with Gasteiger partial charge in [-0.2, -0.15) is 0 Å². The molecule has 20 heavy (non-hydrogen) atoms. The van der Waals surface area contributed by atoms with Crippen LogP contribution in [0.5, 0.6) is 0 Å². The number of benzene rings is 1. The third-order valence-corrected chi connectivity index (χ3v) is 4.25. The average molecular weight is 275 g/mol. The summed E-state index contributed by atoms with van der Waals surface area (Å²) >= 11 is 0. The number of hydrogen-bond donors (Lipinski definition) is 2. The fourth-order valence-corrected chi connectivity index (χ4v) is 2.74. The molecule has 2 unspecified atom stereocenters. The Morgan fingerprint density at radius 1 is 1.55 bits per heavy atom. The summed E-state index contributed by atoms with van der Waals surface area (Å²) in [4.78, 5) is 14.6. The molecule has 1 aliphatic heterocycles. The first-order valence-corrected chi connectivity index (χ1v) is 7.48. The maximum Gasteiger partial charge on any atom is 0.241 e. The monoisotopic (exact) mass is 275 g/mol. The van der Waals surface area contributed by atoms with E-state index in [1.54, 1.807) is 0 Å². The van der Waals surface area contributed by atoms with Crippen LogP contribution >= 0.6 is 0 Å². The van der Waals surface area contributed by atoms with Crippen LogP contribution in [0, 0.1) is 5.92 Å². The lowest BCUT2D eigenvalue weighted by Crippen LogP contribution is -2.40. The Morgan fingerprint density at radius 2 is 2.35 bits per heavy atom. The Morgan fingerprint density at radius 3 is 3.00 bits per heavy atom. The highest BCUT2D eigenvalue weighted by molar-refractivity contribution is 5.94. The minimum absolute atomic E-state index is 0.0657. The van der Waals surface area contributed by atoms with Crippen molar-refractivity contribution in [2.24, 2.45) is 11.7 Å². The number of rotatable bonds is 5. The lowest BCUT2D eigenvalue weighted by Gasteiger charge is -2.23. The zero-order chi connectivity index (χ0) is 14.5. The van der Waals surface area contributed by atoms with E-state index in [0.29, 0.717) is 6.54 Å². The number of nitrogens with one attached hydrogen (secondary N) is 1. The predicted molar refractivity (Wildman–Crippen MR) is 82.4 cm³/mol. The van der Waals surface area contributed by atoms with Gasteiger partial charge in [0.1, 0.15) is 0 Å². The second-order valence-electron chi connectivity index (χ2n) is 5.63. The Kier molecular flexibility index (Phi) is 5.15. The maximum atomic E-state index is 12.3. The van der Waals surface area contributed by atoms with Gasteiger partial charge in [-0.3, -0.25) is 9.69 Å². The fraction of sp³-hybridized carbons (Fsp3) is 0.562. The van der Waals surface area contributed by atoms with Crippen LogP contribution in [-0.4, -0.2) is 29.9 Å². The van der Waals surface area contributed by atoms with Crippen molar-refractivity contribution in [1.82, 2.24) is 4.90 Å². The predicted octanol–water partition coefficient (Wildman–Crippen LogP) is 2.20. The van der Waals surface area contributed by atoms with Crippen LogP contribution in [0.1, 0.15) is 32.3 Å². The molecule has 2 atom stereocenters. The molecule has 2 rings (SSSR count). The molecule has 1 aliphatic rings. The minimum atomic E-state index is -0.0758. The van der Waals surface area contributed by atoms with Gasteiger partial charge < -0.3 is 11.1 Å². The number of hydrogen-bond acceptors (Lipinski definition) is 3. The fourth-order valence-electron chi connectivity index (χ4n) is 2.74. The molecule has 1 saturated heterocycles. The van der Waals surface area contributed by atoms with Gasteiger partial charge in [0.15, 0.2) is 0 Å². The van der Waals surface area contributed by atoms with Crippen LogP contribution in [-0.2, 0) is 11.3 Å². The number of amides is 1. The molecule has 3 N–H and O–H groups in total. The van der Waals surface area contributed by atoms with E-state index >= 15 is 0 Å². The van der Waals surface area contributed by atoms with Crippen LogP contribution in [0.4, 0.5) is 5.69 Å². The van der Waals surface area contributed by atoms with Crippen molar-refractivity contribution in [2.75, 3.05) is 18.4 Å². The number of anilines is 1. The van der Waals surface area contributed by atoms with Gasteiger partial charge in [-0.15, -0.1) is 0 Å². The molecule has 110 valence electrons. The van der Waals surface area contributed by atoms with E-state index in [1.807, 2.05) is 31.2 Å². The Labute approximate surface area is 121 Å². The smallest absolute Gasteiger partial charge is 0.241 e. The van der Waals surface area contributed by atoms with Crippen molar-refractivity contribution in [3.63, 3.8) is 0 Å². The molecule has 0 aromatic heterocycles. The van der Waals surface area contributed by atoms with Crippen molar-refractivity contribution >= 4 is 11.6 Å². The first-order valence-electron chi connectivity index (χ1n) is 7.48. The Hall–Kier alpha value is -1.39. The number of carbonyl (C=O) groups is 1. The van der Waals surface area contributed by atoms with Gasteiger partial charge >= 0.3 is 0 Å². The number of nitrogens with two attached hydrogens (primary N) is 1. The summed E-state index contributed by atoms with van der Waals surface area (Å²) in [5.41, 5.74) is 7.48. The van der Waals surface area contributed by atoms with Crippen molar-refractivity contribution < 1.29 is 4.79 Å². The number of likely N-dealkylation sites (tertiary alicyclic amines) is 1. The van der Waals surface area contributed by atoms with Gasteiger partial charge in [-0.05, 0) is 43.5 Å². The highest BCUT2D eigenvalue weighted by Crippen LogP contribution is 2.21. The molecule has 0 aliphatic carbocycles. The number of nitrogens with zero attached hydrogens (tertiary/aromatic N) is 1. The molecule has 1 aromatic carbocycles. The molecule has 1 amide bonds. The topological polar surface area (TPSA) is 58.4 Å². The van der Waals surface area contributed by atoms with Crippen molar-refractivity contribution in [2.45, 2.75) is 39.3 Å². The molecular weight excluding hydrogens is 250 g/mol. The molecular formula is C16H25N3O. The SMILES string of the molecule is CCC1CCN(C(C)C(=O)Nc2cccc(CN)c2)C1. The average Bonchev–Trinajstić information content (AvgIpc) is 2.95. The van der Waals surface area contributed by atoms with E-state index in [0.717, 1.165) is 30.3 Å².